The third kappa shape index (κ3) is 3.99. The van der Waals surface area contributed by atoms with E-state index >= 15 is 0 Å². The van der Waals surface area contributed by atoms with Crippen molar-refractivity contribution in [3.05, 3.63) is 29.3 Å². The number of benzene rings is 1. The van der Waals surface area contributed by atoms with E-state index in [1.54, 1.807) is 0 Å². The van der Waals surface area contributed by atoms with Crippen LogP contribution in [0.1, 0.15) is 61.4 Å². The molecule has 0 aromatic heterocycles. The number of nitrogens with one attached hydrogen (secondary N) is 2. The number of anilines is 1. The average Bonchev–Trinajstić information content (AvgIpc) is 2.47. The van der Waals surface area contributed by atoms with Crippen molar-refractivity contribution in [2.24, 2.45) is 0 Å². The Kier molecular flexibility index (Phi) is 5.45. The van der Waals surface area contributed by atoms with Gasteiger partial charge in [-0.05, 0) is 38.3 Å². The second kappa shape index (κ2) is 7.32. The Morgan fingerprint density at radius 2 is 2.00 bits per heavy atom. The van der Waals surface area contributed by atoms with E-state index in [2.05, 4.69) is 23.6 Å². The number of aryl methyl sites for hydroxylation is 1. The molecule has 1 aromatic carbocycles. The van der Waals surface area contributed by atoms with Gasteiger partial charge >= 0.3 is 0 Å². The van der Waals surface area contributed by atoms with Crippen molar-refractivity contribution < 1.29 is 4.79 Å². The third-order valence-corrected chi connectivity index (χ3v) is 3.93. The van der Waals surface area contributed by atoms with E-state index in [4.69, 9.17) is 0 Å². The molecule has 3 heteroatoms. The molecule has 0 aliphatic heterocycles. The van der Waals surface area contributed by atoms with Crippen LogP contribution in [0.25, 0.3) is 0 Å². The summed E-state index contributed by atoms with van der Waals surface area (Å²) >= 11 is 0. The molecule has 2 rings (SSSR count). The maximum atomic E-state index is 12.5. The Morgan fingerprint density at radius 3 is 2.70 bits per heavy atom. The van der Waals surface area contributed by atoms with Crippen molar-refractivity contribution in [3.8, 4) is 0 Å². The van der Waals surface area contributed by atoms with Gasteiger partial charge in [0, 0.05) is 18.3 Å². The van der Waals surface area contributed by atoms with E-state index in [1.165, 1.54) is 19.3 Å². The van der Waals surface area contributed by atoms with Crippen LogP contribution in [-0.2, 0) is 0 Å². The van der Waals surface area contributed by atoms with Gasteiger partial charge in [0.05, 0.1) is 5.56 Å². The Bertz CT molecular complexity index is 450. The summed E-state index contributed by atoms with van der Waals surface area (Å²) in [5.41, 5.74) is 2.86. The van der Waals surface area contributed by atoms with Crippen LogP contribution in [0.15, 0.2) is 18.2 Å². The first-order valence-electron chi connectivity index (χ1n) is 7.86. The number of carbonyl (C=O) groups is 1. The molecule has 0 atom stereocenters. The molecule has 0 radical (unpaired) electrons. The maximum Gasteiger partial charge on any atom is 0.253 e. The summed E-state index contributed by atoms with van der Waals surface area (Å²) in [6.07, 6.45) is 7.07. The maximum absolute atomic E-state index is 12.5. The summed E-state index contributed by atoms with van der Waals surface area (Å²) in [4.78, 5) is 12.5. The molecule has 0 spiro atoms. The number of hydrogen-bond donors (Lipinski definition) is 2. The SMILES string of the molecule is CCCNc1ccc(C)cc1C(=O)NC1CCCCC1. The predicted molar refractivity (Wildman–Crippen MR) is 84.3 cm³/mol. The van der Waals surface area contributed by atoms with E-state index < -0.39 is 0 Å². The van der Waals surface area contributed by atoms with Crippen molar-refractivity contribution in [3.63, 3.8) is 0 Å². The van der Waals surface area contributed by atoms with Crippen LogP contribution in [0, 0.1) is 6.92 Å². The van der Waals surface area contributed by atoms with Crippen LogP contribution in [0.4, 0.5) is 5.69 Å². The van der Waals surface area contributed by atoms with Crippen molar-refractivity contribution in [2.45, 2.75) is 58.4 Å². The van der Waals surface area contributed by atoms with Gasteiger partial charge in [0.25, 0.3) is 5.91 Å². The first kappa shape index (κ1) is 14.9. The Morgan fingerprint density at radius 1 is 1.25 bits per heavy atom. The molecule has 20 heavy (non-hydrogen) atoms. The molecule has 1 amide bonds. The van der Waals surface area contributed by atoms with E-state index in [0.717, 1.165) is 42.6 Å². The number of carbonyl (C=O) groups excluding carboxylic acids is 1. The largest absolute Gasteiger partial charge is 0.384 e. The minimum absolute atomic E-state index is 0.0687. The molecule has 110 valence electrons. The summed E-state index contributed by atoms with van der Waals surface area (Å²) in [6.45, 7) is 5.05. The van der Waals surface area contributed by atoms with Crippen molar-refractivity contribution >= 4 is 11.6 Å². The van der Waals surface area contributed by atoms with Gasteiger partial charge in [-0.3, -0.25) is 4.79 Å². The van der Waals surface area contributed by atoms with Gasteiger partial charge in [0.1, 0.15) is 0 Å². The van der Waals surface area contributed by atoms with E-state index in [0.29, 0.717) is 6.04 Å². The molecule has 1 fully saturated rings. The molecule has 1 aliphatic rings. The highest BCUT2D eigenvalue weighted by molar-refractivity contribution is 6.00. The normalized spacial score (nSPS) is 15.9. The fourth-order valence-electron chi connectivity index (χ4n) is 2.77. The van der Waals surface area contributed by atoms with Crippen LogP contribution >= 0.6 is 0 Å². The zero-order valence-corrected chi connectivity index (χ0v) is 12.7. The van der Waals surface area contributed by atoms with Gasteiger partial charge < -0.3 is 10.6 Å². The van der Waals surface area contributed by atoms with Crippen LogP contribution in [0.2, 0.25) is 0 Å². The lowest BCUT2D eigenvalue weighted by molar-refractivity contribution is 0.0928. The fourth-order valence-corrected chi connectivity index (χ4v) is 2.77. The van der Waals surface area contributed by atoms with Crippen molar-refractivity contribution in [1.29, 1.82) is 0 Å². The number of rotatable bonds is 5. The molecule has 2 N–H and O–H groups in total. The summed E-state index contributed by atoms with van der Waals surface area (Å²) in [6, 6.07) is 6.41. The van der Waals surface area contributed by atoms with Gasteiger partial charge in [-0.25, -0.2) is 0 Å². The first-order chi connectivity index (χ1) is 9.70. The quantitative estimate of drug-likeness (QED) is 0.855. The molecule has 0 unspecified atom stereocenters. The monoisotopic (exact) mass is 274 g/mol. The number of hydrogen-bond acceptors (Lipinski definition) is 2. The zero-order valence-electron chi connectivity index (χ0n) is 12.7. The lowest BCUT2D eigenvalue weighted by Crippen LogP contribution is -2.36. The number of amides is 1. The molecule has 0 saturated heterocycles. The molecule has 3 nitrogen and oxygen atoms in total. The fraction of sp³-hybridized carbons (Fsp3) is 0.588. The van der Waals surface area contributed by atoms with E-state index in [1.807, 2.05) is 19.1 Å². The molecule has 1 aliphatic carbocycles. The summed E-state index contributed by atoms with van der Waals surface area (Å²) in [5, 5.41) is 6.55. The van der Waals surface area contributed by atoms with Gasteiger partial charge in [-0.1, -0.05) is 37.8 Å². The molecular formula is C17H26N2O. The van der Waals surface area contributed by atoms with Crippen molar-refractivity contribution in [2.75, 3.05) is 11.9 Å². The van der Waals surface area contributed by atoms with Crippen LogP contribution in [0.5, 0.6) is 0 Å². The first-order valence-corrected chi connectivity index (χ1v) is 7.86. The Hall–Kier alpha value is -1.51. The minimum atomic E-state index is 0.0687. The van der Waals surface area contributed by atoms with Gasteiger partial charge in [0.15, 0.2) is 0 Å². The van der Waals surface area contributed by atoms with Gasteiger partial charge in [-0.2, -0.15) is 0 Å². The average molecular weight is 274 g/mol. The summed E-state index contributed by atoms with van der Waals surface area (Å²) < 4.78 is 0. The summed E-state index contributed by atoms with van der Waals surface area (Å²) in [5.74, 6) is 0.0687. The van der Waals surface area contributed by atoms with Crippen LogP contribution in [-0.4, -0.2) is 18.5 Å². The van der Waals surface area contributed by atoms with Crippen LogP contribution < -0.4 is 10.6 Å². The lowest BCUT2D eigenvalue weighted by atomic mass is 9.95. The molecule has 1 saturated carbocycles. The Labute approximate surface area is 122 Å². The lowest BCUT2D eigenvalue weighted by Gasteiger charge is -2.23. The van der Waals surface area contributed by atoms with Gasteiger partial charge in [-0.15, -0.1) is 0 Å². The summed E-state index contributed by atoms with van der Waals surface area (Å²) in [7, 11) is 0. The second-order valence-corrected chi connectivity index (χ2v) is 5.78. The standard InChI is InChI=1S/C17H26N2O/c1-3-11-18-16-10-9-13(2)12-15(16)17(20)19-14-7-5-4-6-8-14/h9-10,12,14,18H,3-8,11H2,1-2H3,(H,19,20). The topological polar surface area (TPSA) is 41.1 Å². The van der Waals surface area contributed by atoms with E-state index in [9.17, 15) is 4.79 Å². The predicted octanol–water partition coefficient (Wildman–Crippen LogP) is 3.88. The zero-order chi connectivity index (χ0) is 14.4. The van der Waals surface area contributed by atoms with Crippen LogP contribution in [0.3, 0.4) is 0 Å². The van der Waals surface area contributed by atoms with Crippen molar-refractivity contribution in [1.82, 2.24) is 5.32 Å². The highest BCUT2D eigenvalue weighted by atomic mass is 16.1. The smallest absolute Gasteiger partial charge is 0.253 e. The molecule has 1 aromatic rings. The highest BCUT2D eigenvalue weighted by Crippen LogP contribution is 2.21. The molecule has 0 bridgehead atoms. The van der Waals surface area contributed by atoms with Gasteiger partial charge in [0.2, 0.25) is 0 Å². The molecule has 0 heterocycles. The highest BCUT2D eigenvalue weighted by Gasteiger charge is 2.18. The van der Waals surface area contributed by atoms with E-state index in [-0.39, 0.29) is 5.91 Å². The minimum Gasteiger partial charge on any atom is -0.384 e. The second-order valence-electron chi connectivity index (χ2n) is 5.78. The third-order valence-electron chi connectivity index (χ3n) is 3.93. The molecular weight excluding hydrogens is 248 g/mol. The Balaban J connectivity index is 2.08.